The topological polar surface area (TPSA) is 68.0 Å². The third-order valence-electron chi connectivity index (χ3n) is 3.25. The average molecular weight is 233 g/mol. The van der Waals surface area contributed by atoms with Gasteiger partial charge in [0.05, 0.1) is 0 Å². The summed E-state index contributed by atoms with van der Waals surface area (Å²) in [5.74, 6) is 1.22. The minimum absolute atomic E-state index is 0.00304. The number of amides is 1. The van der Waals surface area contributed by atoms with Crippen LogP contribution < -0.4 is 11.1 Å². The van der Waals surface area contributed by atoms with Crippen LogP contribution >= 0.6 is 0 Å². The summed E-state index contributed by atoms with van der Waals surface area (Å²) >= 11 is 0. The minimum atomic E-state index is -0.00304. The molecule has 1 atom stereocenters. The molecule has 0 bridgehead atoms. The van der Waals surface area contributed by atoms with Crippen molar-refractivity contribution in [1.82, 2.24) is 4.98 Å². The summed E-state index contributed by atoms with van der Waals surface area (Å²) in [5.41, 5.74) is 7.87. The van der Waals surface area contributed by atoms with Gasteiger partial charge in [-0.15, -0.1) is 0 Å². The first kappa shape index (κ1) is 12.0. The first-order valence-corrected chi connectivity index (χ1v) is 6.11. The maximum atomic E-state index is 11.8. The van der Waals surface area contributed by atoms with Crippen molar-refractivity contribution in [1.29, 1.82) is 0 Å². The number of anilines is 1. The van der Waals surface area contributed by atoms with Gasteiger partial charge in [-0.25, -0.2) is 4.98 Å². The lowest BCUT2D eigenvalue weighted by atomic mass is 9.91. The van der Waals surface area contributed by atoms with E-state index in [2.05, 4.69) is 30.2 Å². The Hall–Kier alpha value is -1.42. The largest absolute Gasteiger partial charge is 0.330 e. The van der Waals surface area contributed by atoms with Gasteiger partial charge in [-0.1, -0.05) is 19.9 Å². The van der Waals surface area contributed by atoms with E-state index in [0.717, 1.165) is 18.4 Å². The summed E-state index contributed by atoms with van der Waals surface area (Å²) in [6.07, 6.45) is 3.33. The highest BCUT2D eigenvalue weighted by atomic mass is 16.2. The van der Waals surface area contributed by atoms with E-state index in [1.54, 1.807) is 0 Å². The van der Waals surface area contributed by atoms with Crippen LogP contribution in [0.1, 0.15) is 37.3 Å². The zero-order chi connectivity index (χ0) is 12.4. The zero-order valence-electron chi connectivity index (χ0n) is 10.4. The monoisotopic (exact) mass is 233 g/mol. The fraction of sp³-hybridized carbons (Fsp3) is 0.538. The van der Waals surface area contributed by atoms with Crippen molar-refractivity contribution in [3.05, 3.63) is 23.4 Å². The van der Waals surface area contributed by atoms with Gasteiger partial charge in [0.2, 0.25) is 5.91 Å². The average Bonchev–Trinajstić information content (AvgIpc) is 2.29. The van der Waals surface area contributed by atoms with E-state index in [-0.39, 0.29) is 11.8 Å². The summed E-state index contributed by atoms with van der Waals surface area (Å²) in [6.45, 7) is 4.83. The predicted octanol–water partition coefficient (Wildman–Crippen LogP) is 1.66. The van der Waals surface area contributed by atoms with Crippen molar-refractivity contribution in [2.24, 2.45) is 11.7 Å². The summed E-state index contributed by atoms with van der Waals surface area (Å²) in [4.78, 5) is 16.1. The SMILES string of the molecule is CC(C)c1cnc2c(c1)CC(CCN)C(=O)N2. The molecule has 0 fully saturated rings. The van der Waals surface area contributed by atoms with Gasteiger partial charge in [0, 0.05) is 12.1 Å². The molecule has 0 saturated carbocycles. The van der Waals surface area contributed by atoms with E-state index >= 15 is 0 Å². The molecular weight excluding hydrogens is 214 g/mol. The summed E-state index contributed by atoms with van der Waals surface area (Å²) < 4.78 is 0. The van der Waals surface area contributed by atoms with Crippen LogP contribution in [0.4, 0.5) is 5.82 Å². The molecule has 1 aliphatic heterocycles. The van der Waals surface area contributed by atoms with Crippen LogP contribution in [0.5, 0.6) is 0 Å². The van der Waals surface area contributed by atoms with E-state index in [9.17, 15) is 4.79 Å². The Bertz CT molecular complexity index is 429. The van der Waals surface area contributed by atoms with Crippen molar-refractivity contribution in [2.45, 2.75) is 32.6 Å². The molecule has 1 aliphatic rings. The number of rotatable bonds is 3. The molecule has 2 heterocycles. The van der Waals surface area contributed by atoms with Crippen LogP contribution in [0.3, 0.4) is 0 Å². The molecule has 4 heteroatoms. The molecule has 1 amide bonds. The van der Waals surface area contributed by atoms with E-state index < -0.39 is 0 Å². The van der Waals surface area contributed by atoms with E-state index in [1.807, 2.05) is 6.20 Å². The Morgan fingerprint density at radius 3 is 3.00 bits per heavy atom. The molecule has 4 nitrogen and oxygen atoms in total. The number of carbonyl (C=O) groups excluding carboxylic acids is 1. The number of nitrogens with two attached hydrogens (primary N) is 1. The van der Waals surface area contributed by atoms with E-state index in [1.165, 1.54) is 5.56 Å². The van der Waals surface area contributed by atoms with Crippen molar-refractivity contribution in [3.8, 4) is 0 Å². The summed E-state index contributed by atoms with van der Waals surface area (Å²) in [6, 6.07) is 2.15. The second kappa shape index (κ2) is 4.84. The zero-order valence-corrected chi connectivity index (χ0v) is 10.4. The quantitative estimate of drug-likeness (QED) is 0.834. The molecule has 1 aromatic rings. The highest BCUT2D eigenvalue weighted by Gasteiger charge is 2.26. The van der Waals surface area contributed by atoms with Crippen molar-refractivity contribution in [3.63, 3.8) is 0 Å². The summed E-state index contributed by atoms with van der Waals surface area (Å²) in [7, 11) is 0. The van der Waals surface area contributed by atoms with Crippen molar-refractivity contribution >= 4 is 11.7 Å². The van der Waals surface area contributed by atoms with Gasteiger partial charge in [-0.3, -0.25) is 4.79 Å². The predicted molar refractivity (Wildman–Crippen MR) is 67.8 cm³/mol. The number of nitrogens with one attached hydrogen (secondary N) is 1. The van der Waals surface area contributed by atoms with Crippen molar-refractivity contribution < 1.29 is 4.79 Å². The third-order valence-corrected chi connectivity index (χ3v) is 3.25. The molecule has 0 radical (unpaired) electrons. The van der Waals surface area contributed by atoms with Crippen LogP contribution in [-0.4, -0.2) is 17.4 Å². The van der Waals surface area contributed by atoms with Crippen LogP contribution in [0.2, 0.25) is 0 Å². The van der Waals surface area contributed by atoms with Gasteiger partial charge >= 0.3 is 0 Å². The van der Waals surface area contributed by atoms with Gasteiger partial charge in [0.1, 0.15) is 5.82 Å². The number of hydrogen-bond donors (Lipinski definition) is 2. The highest BCUT2D eigenvalue weighted by Crippen LogP contribution is 2.27. The van der Waals surface area contributed by atoms with Crippen LogP contribution in [0.25, 0.3) is 0 Å². The Labute approximate surface area is 102 Å². The molecule has 0 spiro atoms. The molecule has 3 N–H and O–H groups in total. The number of pyridine rings is 1. The lowest BCUT2D eigenvalue weighted by Crippen LogP contribution is -2.32. The molecular formula is C13H19N3O. The molecule has 2 rings (SSSR count). The lowest BCUT2D eigenvalue weighted by Gasteiger charge is -2.24. The van der Waals surface area contributed by atoms with Crippen LogP contribution in [0, 0.1) is 5.92 Å². The molecule has 0 saturated heterocycles. The molecule has 1 aromatic heterocycles. The first-order chi connectivity index (χ1) is 8.11. The number of hydrogen-bond acceptors (Lipinski definition) is 3. The number of nitrogens with zero attached hydrogens (tertiary/aromatic N) is 1. The maximum Gasteiger partial charge on any atom is 0.229 e. The first-order valence-electron chi connectivity index (χ1n) is 6.11. The second-order valence-electron chi connectivity index (χ2n) is 4.90. The molecule has 0 aliphatic carbocycles. The Balaban J connectivity index is 2.27. The second-order valence-corrected chi connectivity index (χ2v) is 4.90. The van der Waals surface area contributed by atoms with Gasteiger partial charge in [0.25, 0.3) is 0 Å². The Kier molecular flexibility index (Phi) is 3.43. The fourth-order valence-electron chi connectivity index (χ4n) is 2.12. The lowest BCUT2D eigenvalue weighted by molar-refractivity contribution is -0.120. The summed E-state index contributed by atoms with van der Waals surface area (Å²) in [5, 5.41) is 2.86. The fourth-order valence-corrected chi connectivity index (χ4v) is 2.12. The van der Waals surface area contributed by atoms with E-state index in [4.69, 9.17) is 5.73 Å². The maximum absolute atomic E-state index is 11.8. The standard InChI is InChI=1S/C13H19N3O/c1-8(2)11-6-10-5-9(3-4-14)13(17)16-12(10)15-7-11/h6-9H,3-5,14H2,1-2H3,(H,15,16,17). The van der Waals surface area contributed by atoms with Gasteiger partial charge in [-0.05, 0) is 36.4 Å². The molecule has 17 heavy (non-hydrogen) atoms. The van der Waals surface area contributed by atoms with Gasteiger partial charge in [-0.2, -0.15) is 0 Å². The minimum Gasteiger partial charge on any atom is -0.330 e. The van der Waals surface area contributed by atoms with Crippen LogP contribution in [0.15, 0.2) is 12.3 Å². The van der Waals surface area contributed by atoms with Crippen LogP contribution in [-0.2, 0) is 11.2 Å². The third kappa shape index (κ3) is 2.47. The highest BCUT2D eigenvalue weighted by molar-refractivity contribution is 5.94. The van der Waals surface area contributed by atoms with E-state index in [0.29, 0.717) is 18.3 Å². The van der Waals surface area contributed by atoms with Gasteiger partial charge in [0.15, 0.2) is 0 Å². The Morgan fingerprint density at radius 2 is 2.35 bits per heavy atom. The normalized spacial score (nSPS) is 19.1. The van der Waals surface area contributed by atoms with Crippen molar-refractivity contribution in [2.75, 3.05) is 11.9 Å². The molecule has 92 valence electrons. The van der Waals surface area contributed by atoms with Gasteiger partial charge < -0.3 is 11.1 Å². The molecule has 1 unspecified atom stereocenters. The number of aromatic nitrogens is 1. The number of carbonyl (C=O) groups is 1. The Morgan fingerprint density at radius 1 is 1.59 bits per heavy atom. The molecule has 0 aromatic carbocycles. The number of fused-ring (bicyclic) bond motifs is 1. The smallest absolute Gasteiger partial charge is 0.229 e.